The molecule has 0 amide bonds. The van der Waals surface area contributed by atoms with E-state index in [9.17, 15) is 5.26 Å². The van der Waals surface area contributed by atoms with Gasteiger partial charge in [-0.25, -0.2) is 4.98 Å². The quantitative estimate of drug-likeness (QED) is 0.802. The Morgan fingerprint density at radius 3 is 2.79 bits per heavy atom. The Bertz CT molecular complexity index is 627. The van der Waals surface area contributed by atoms with Gasteiger partial charge in [-0.3, -0.25) is 0 Å². The molecule has 5 heteroatoms. The Balaban J connectivity index is 2.44. The normalized spacial score (nSPS) is 10.9. The van der Waals surface area contributed by atoms with Crippen LogP contribution in [0.1, 0.15) is 10.6 Å². The maximum atomic E-state index is 9.21. The number of benzene rings is 1. The number of nitriles is 1. The van der Waals surface area contributed by atoms with E-state index in [0.717, 1.165) is 5.56 Å². The van der Waals surface area contributed by atoms with E-state index >= 15 is 0 Å². The van der Waals surface area contributed by atoms with E-state index in [-0.39, 0.29) is 0 Å². The molecule has 0 radical (unpaired) electrons. The first kappa shape index (κ1) is 13.1. The molecule has 0 saturated heterocycles. The van der Waals surface area contributed by atoms with Crippen LogP contribution in [0.2, 0.25) is 0 Å². The van der Waals surface area contributed by atoms with Crippen molar-refractivity contribution < 1.29 is 9.47 Å². The second-order valence-corrected chi connectivity index (χ2v) is 4.51. The topological polar surface area (TPSA) is 55.1 Å². The highest BCUT2D eigenvalue weighted by atomic mass is 32.1. The van der Waals surface area contributed by atoms with Gasteiger partial charge in [0.2, 0.25) is 0 Å². The zero-order chi connectivity index (χ0) is 13.7. The standard InChI is InChI=1S/C14H12N2O2S/c1-17-12-4-3-10(13(8-12)18-2)7-11(9-15)14-16-5-6-19-14/h3-8H,1-2H3/b11-7+. The van der Waals surface area contributed by atoms with E-state index in [1.807, 2.05) is 17.5 Å². The van der Waals surface area contributed by atoms with Gasteiger partial charge in [-0.05, 0) is 18.2 Å². The second kappa shape index (κ2) is 6.03. The van der Waals surface area contributed by atoms with Crippen LogP contribution in [0.15, 0.2) is 29.8 Å². The smallest absolute Gasteiger partial charge is 0.133 e. The van der Waals surface area contributed by atoms with Crippen LogP contribution >= 0.6 is 11.3 Å². The predicted molar refractivity (Wildman–Crippen MR) is 75.1 cm³/mol. The van der Waals surface area contributed by atoms with Crippen molar-refractivity contribution in [1.82, 2.24) is 4.98 Å². The maximum absolute atomic E-state index is 9.21. The first-order valence-electron chi connectivity index (χ1n) is 5.52. The summed E-state index contributed by atoms with van der Waals surface area (Å²) >= 11 is 1.43. The molecule has 1 aromatic carbocycles. The Labute approximate surface area is 115 Å². The summed E-state index contributed by atoms with van der Waals surface area (Å²) in [7, 11) is 3.18. The van der Waals surface area contributed by atoms with Crippen LogP contribution in [0.5, 0.6) is 11.5 Å². The van der Waals surface area contributed by atoms with Crippen molar-refractivity contribution in [3.63, 3.8) is 0 Å². The molecular weight excluding hydrogens is 260 g/mol. The zero-order valence-corrected chi connectivity index (χ0v) is 11.4. The molecule has 0 spiro atoms. The lowest BCUT2D eigenvalue weighted by Crippen LogP contribution is -1.90. The van der Waals surface area contributed by atoms with E-state index in [4.69, 9.17) is 9.47 Å². The predicted octanol–water partition coefficient (Wildman–Crippen LogP) is 3.22. The van der Waals surface area contributed by atoms with Crippen LogP contribution in [0, 0.1) is 11.3 Å². The minimum absolute atomic E-state index is 0.512. The maximum Gasteiger partial charge on any atom is 0.133 e. The number of thiazole rings is 1. The van der Waals surface area contributed by atoms with Crippen molar-refractivity contribution in [3.8, 4) is 17.6 Å². The number of ether oxygens (including phenoxy) is 2. The van der Waals surface area contributed by atoms with Gasteiger partial charge in [0.15, 0.2) is 0 Å². The number of nitrogens with zero attached hydrogens (tertiary/aromatic N) is 2. The minimum Gasteiger partial charge on any atom is -0.497 e. The van der Waals surface area contributed by atoms with Gasteiger partial charge in [-0.1, -0.05) is 0 Å². The highest BCUT2D eigenvalue weighted by Crippen LogP contribution is 2.28. The van der Waals surface area contributed by atoms with Gasteiger partial charge in [-0.2, -0.15) is 5.26 Å². The van der Waals surface area contributed by atoms with Gasteiger partial charge in [0, 0.05) is 23.2 Å². The van der Waals surface area contributed by atoms with E-state index in [1.165, 1.54) is 11.3 Å². The van der Waals surface area contributed by atoms with E-state index < -0.39 is 0 Å². The summed E-state index contributed by atoms with van der Waals surface area (Å²) in [5.41, 5.74) is 1.33. The van der Waals surface area contributed by atoms with Crippen molar-refractivity contribution in [2.75, 3.05) is 14.2 Å². The highest BCUT2D eigenvalue weighted by Gasteiger charge is 2.07. The molecule has 0 aliphatic carbocycles. The lowest BCUT2D eigenvalue weighted by atomic mass is 10.1. The van der Waals surface area contributed by atoms with E-state index in [1.54, 1.807) is 32.6 Å². The molecule has 2 rings (SSSR count). The van der Waals surface area contributed by atoms with Crippen molar-refractivity contribution in [1.29, 1.82) is 5.26 Å². The molecule has 0 unspecified atom stereocenters. The number of rotatable bonds is 4. The van der Waals surface area contributed by atoms with Crippen LogP contribution in [0.25, 0.3) is 11.6 Å². The summed E-state index contributed by atoms with van der Waals surface area (Å²) in [6.07, 6.45) is 3.44. The van der Waals surface area contributed by atoms with Gasteiger partial charge in [0.25, 0.3) is 0 Å². The highest BCUT2D eigenvalue weighted by molar-refractivity contribution is 7.10. The number of aromatic nitrogens is 1. The van der Waals surface area contributed by atoms with Gasteiger partial charge in [0.05, 0.1) is 19.8 Å². The molecule has 2 aromatic rings. The lowest BCUT2D eigenvalue weighted by molar-refractivity contribution is 0.394. The molecule has 96 valence electrons. The Morgan fingerprint density at radius 1 is 1.37 bits per heavy atom. The molecule has 19 heavy (non-hydrogen) atoms. The average Bonchev–Trinajstić information content (AvgIpc) is 2.98. The first-order valence-corrected chi connectivity index (χ1v) is 6.40. The molecule has 0 bridgehead atoms. The van der Waals surface area contributed by atoms with Crippen LogP contribution < -0.4 is 9.47 Å². The summed E-state index contributed by atoms with van der Waals surface area (Å²) in [6, 6.07) is 7.61. The third kappa shape index (κ3) is 2.92. The van der Waals surface area contributed by atoms with Gasteiger partial charge >= 0.3 is 0 Å². The van der Waals surface area contributed by atoms with Gasteiger partial charge < -0.3 is 9.47 Å². The third-order valence-corrected chi connectivity index (χ3v) is 3.33. The third-order valence-electron chi connectivity index (χ3n) is 2.52. The molecule has 0 fully saturated rings. The van der Waals surface area contributed by atoms with Crippen molar-refractivity contribution in [3.05, 3.63) is 40.3 Å². The van der Waals surface area contributed by atoms with Crippen LogP contribution in [0.3, 0.4) is 0 Å². The summed E-state index contributed by atoms with van der Waals surface area (Å²) in [4.78, 5) is 4.14. The van der Waals surface area contributed by atoms with Crippen molar-refractivity contribution in [2.45, 2.75) is 0 Å². The van der Waals surface area contributed by atoms with E-state index in [2.05, 4.69) is 11.1 Å². The fourth-order valence-electron chi connectivity index (χ4n) is 1.59. The first-order chi connectivity index (χ1) is 9.28. The molecule has 0 aliphatic rings. The van der Waals surface area contributed by atoms with Gasteiger partial charge in [-0.15, -0.1) is 11.3 Å². The summed E-state index contributed by atoms with van der Waals surface area (Å²) in [5, 5.41) is 11.7. The molecule has 0 aliphatic heterocycles. The van der Waals surface area contributed by atoms with Crippen molar-refractivity contribution in [2.24, 2.45) is 0 Å². The number of methoxy groups -OCH3 is 2. The SMILES string of the molecule is COc1ccc(/C=C(\C#N)c2nccs2)c(OC)c1. The largest absolute Gasteiger partial charge is 0.497 e. The second-order valence-electron chi connectivity index (χ2n) is 3.61. The lowest BCUT2D eigenvalue weighted by Gasteiger charge is -2.07. The van der Waals surface area contributed by atoms with Gasteiger partial charge in [0.1, 0.15) is 22.6 Å². The summed E-state index contributed by atoms with van der Waals surface area (Å²) < 4.78 is 10.4. The van der Waals surface area contributed by atoms with E-state index in [0.29, 0.717) is 22.1 Å². The van der Waals surface area contributed by atoms with Crippen molar-refractivity contribution >= 4 is 23.0 Å². The summed E-state index contributed by atoms with van der Waals surface area (Å²) in [5.74, 6) is 1.37. The molecule has 4 nitrogen and oxygen atoms in total. The molecular formula is C14H12N2O2S. The Hall–Kier alpha value is -2.32. The molecule has 1 heterocycles. The Morgan fingerprint density at radius 2 is 2.21 bits per heavy atom. The molecule has 1 aromatic heterocycles. The minimum atomic E-state index is 0.512. The number of hydrogen-bond donors (Lipinski definition) is 0. The van der Waals surface area contributed by atoms with Crippen LogP contribution in [-0.4, -0.2) is 19.2 Å². The number of hydrogen-bond acceptors (Lipinski definition) is 5. The van der Waals surface area contributed by atoms with Crippen LogP contribution in [-0.2, 0) is 0 Å². The zero-order valence-electron chi connectivity index (χ0n) is 10.6. The average molecular weight is 272 g/mol. The molecule has 0 atom stereocenters. The summed E-state index contributed by atoms with van der Waals surface area (Å²) in [6.45, 7) is 0. The molecule has 0 N–H and O–H groups in total. The van der Waals surface area contributed by atoms with Crippen LogP contribution in [0.4, 0.5) is 0 Å². The Kier molecular flexibility index (Phi) is 4.16. The number of allylic oxidation sites excluding steroid dienone is 1. The fourth-order valence-corrected chi connectivity index (χ4v) is 2.20. The fraction of sp³-hybridized carbons (Fsp3) is 0.143. The molecule has 0 saturated carbocycles. The monoisotopic (exact) mass is 272 g/mol.